The summed E-state index contributed by atoms with van der Waals surface area (Å²) in [6.07, 6.45) is 4.15. The number of carbonyl (C=O) groups is 1. The number of ether oxygens (including phenoxy) is 1. The van der Waals surface area contributed by atoms with Crippen molar-refractivity contribution in [3.63, 3.8) is 0 Å². The molecule has 1 aromatic heterocycles. The molecule has 7 heteroatoms. The highest BCUT2D eigenvalue weighted by Gasteiger charge is 2.31. The monoisotopic (exact) mass is 341 g/mol. The van der Waals surface area contributed by atoms with Crippen LogP contribution >= 0.6 is 0 Å². The van der Waals surface area contributed by atoms with E-state index in [0.717, 1.165) is 17.0 Å². The van der Waals surface area contributed by atoms with Gasteiger partial charge in [-0.15, -0.1) is 0 Å². The number of anilines is 1. The topological polar surface area (TPSA) is 87.3 Å². The number of aromatic nitrogens is 1. The Balaban J connectivity index is 1.44. The van der Waals surface area contributed by atoms with Crippen molar-refractivity contribution in [2.24, 2.45) is 0 Å². The number of rotatable bonds is 7. The first-order chi connectivity index (χ1) is 12.3. The number of nitrogens with one attached hydrogen (secondary N) is 4. The van der Waals surface area contributed by atoms with Crippen LogP contribution in [-0.4, -0.2) is 37.1 Å². The van der Waals surface area contributed by atoms with E-state index in [9.17, 15) is 4.79 Å². The SMILES string of the molecule is COc1ccccc1C1CC(C(=O)NCCNc2cccnc2)NN1. The number of nitrogens with zero attached hydrogens (tertiary/aromatic N) is 1. The van der Waals surface area contributed by atoms with Crippen molar-refractivity contribution in [3.8, 4) is 5.75 Å². The van der Waals surface area contributed by atoms with Gasteiger partial charge in [-0.25, -0.2) is 10.9 Å². The van der Waals surface area contributed by atoms with Crippen molar-refractivity contribution in [3.05, 3.63) is 54.4 Å². The Labute approximate surface area is 147 Å². The zero-order valence-electron chi connectivity index (χ0n) is 14.2. The van der Waals surface area contributed by atoms with Gasteiger partial charge in [-0.05, 0) is 24.6 Å². The van der Waals surface area contributed by atoms with Crippen molar-refractivity contribution in [2.75, 3.05) is 25.5 Å². The minimum atomic E-state index is -0.270. The van der Waals surface area contributed by atoms with Gasteiger partial charge < -0.3 is 15.4 Å². The third-order valence-electron chi connectivity index (χ3n) is 4.15. The van der Waals surface area contributed by atoms with E-state index in [2.05, 4.69) is 26.5 Å². The van der Waals surface area contributed by atoms with Gasteiger partial charge in [-0.3, -0.25) is 9.78 Å². The molecule has 0 aliphatic carbocycles. The fourth-order valence-corrected chi connectivity index (χ4v) is 2.87. The molecule has 2 heterocycles. The maximum Gasteiger partial charge on any atom is 0.238 e. The predicted octanol–water partition coefficient (Wildman–Crippen LogP) is 1.23. The molecule has 1 amide bonds. The van der Waals surface area contributed by atoms with Gasteiger partial charge in [0.2, 0.25) is 5.91 Å². The minimum absolute atomic E-state index is 0.0158. The summed E-state index contributed by atoms with van der Waals surface area (Å²) in [6, 6.07) is 11.4. The van der Waals surface area contributed by atoms with E-state index >= 15 is 0 Å². The molecule has 25 heavy (non-hydrogen) atoms. The molecule has 1 aliphatic rings. The van der Waals surface area contributed by atoms with Crippen LogP contribution in [0.15, 0.2) is 48.8 Å². The van der Waals surface area contributed by atoms with Gasteiger partial charge in [0.05, 0.1) is 18.8 Å². The first-order valence-corrected chi connectivity index (χ1v) is 8.33. The Morgan fingerprint density at radius 1 is 1.24 bits per heavy atom. The summed E-state index contributed by atoms with van der Waals surface area (Å²) < 4.78 is 5.39. The average molecular weight is 341 g/mol. The molecular formula is C18H23N5O2. The van der Waals surface area contributed by atoms with Crippen LogP contribution in [0, 0.1) is 0 Å². The first-order valence-electron chi connectivity index (χ1n) is 8.33. The number of hydrogen-bond acceptors (Lipinski definition) is 6. The summed E-state index contributed by atoms with van der Waals surface area (Å²) in [5, 5.41) is 6.15. The highest BCUT2D eigenvalue weighted by atomic mass is 16.5. The second-order valence-electron chi connectivity index (χ2n) is 5.83. The van der Waals surface area contributed by atoms with Crippen molar-refractivity contribution in [1.29, 1.82) is 0 Å². The van der Waals surface area contributed by atoms with Gasteiger partial charge in [-0.1, -0.05) is 18.2 Å². The molecule has 2 aromatic rings. The number of amides is 1. The molecule has 0 radical (unpaired) electrons. The third kappa shape index (κ3) is 4.46. The number of hydrogen-bond donors (Lipinski definition) is 4. The van der Waals surface area contributed by atoms with Crippen LogP contribution in [0.1, 0.15) is 18.0 Å². The van der Waals surface area contributed by atoms with E-state index in [-0.39, 0.29) is 18.0 Å². The summed E-state index contributed by atoms with van der Waals surface area (Å²) in [4.78, 5) is 16.3. The normalized spacial score (nSPS) is 19.4. The molecule has 3 rings (SSSR count). The number of pyridine rings is 1. The lowest BCUT2D eigenvalue weighted by atomic mass is 10.0. The van der Waals surface area contributed by atoms with E-state index in [0.29, 0.717) is 19.5 Å². The van der Waals surface area contributed by atoms with Crippen LogP contribution in [0.2, 0.25) is 0 Å². The standard InChI is InChI=1S/C18H23N5O2/c1-25-17-7-3-2-6-14(17)15-11-16(23-22-15)18(24)21-10-9-20-13-5-4-8-19-12-13/h2-8,12,15-16,20,22-23H,9-11H2,1H3,(H,21,24). The van der Waals surface area contributed by atoms with Crippen LogP contribution in [0.4, 0.5) is 5.69 Å². The van der Waals surface area contributed by atoms with Crippen LogP contribution in [0.5, 0.6) is 5.75 Å². The molecule has 1 aliphatic heterocycles. The number of benzene rings is 1. The molecule has 132 valence electrons. The molecule has 0 spiro atoms. The zero-order chi connectivity index (χ0) is 17.5. The Morgan fingerprint density at radius 3 is 2.92 bits per heavy atom. The highest BCUT2D eigenvalue weighted by Crippen LogP contribution is 2.29. The Kier molecular flexibility index (Phi) is 5.81. The summed E-state index contributed by atoms with van der Waals surface area (Å²) >= 11 is 0. The highest BCUT2D eigenvalue weighted by molar-refractivity contribution is 5.82. The summed E-state index contributed by atoms with van der Waals surface area (Å²) in [5.41, 5.74) is 8.23. The Hall–Kier alpha value is -2.64. The second-order valence-corrected chi connectivity index (χ2v) is 5.83. The molecule has 4 N–H and O–H groups in total. The fraction of sp³-hybridized carbons (Fsp3) is 0.333. The van der Waals surface area contributed by atoms with Crippen molar-refractivity contribution >= 4 is 11.6 Å². The first kappa shape index (κ1) is 17.2. The molecule has 2 unspecified atom stereocenters. The van der Waals surface area contributed by atoms with Crippen LogP contribution in [0.3, 0.4) is 0 Å². The minimum Gasteiger partial charge on any atom is -0.496 e. The molecule has 0 saturated carbocycles. The maximum atomic E-state index is 12.3. The molecule has 1 saturated heterocycles. The zero-order valence-corrected chi connectivity index (χ0v) is 14.2. The second kappa shape index (κ2) is 8.46. The quantitative estimate of drug-likeness (QED) is 0.567. The summed E-state index contributed by atoms with van der Waals surface area (Å²) in [5.74, 6) is 0.807. The molecule has 2 atom stereocenters. The van der Waals surface area contributed by atoms with Crippen molar-refractivity contribution in [1.82, 2.24) is 21.2 Å². The van der Waals surface area contributed by atoms with Crippen molar-refractivity contribution in [2.45, 2.75) is 18.5 Å². The van der Waals surface area contributed by atoms with Gasteiger partial charge in [0, 0.05) is 31.0 Å². The number of hydrazine groups is 1. The maximum absolute atomic E-state index is 12.3. The predicted molar refractivity (Wildman–Crippen MR) is 96.1 cm³/mol. The largest absolute Gasteiger partial charge is 0.496 e. The molecule has 1 aromatic carbocycles. The summed E-state index contributed by atoms with van der Waals surface area (Å²) in [7, 11) is 1.65. The number of methoxy groups -OCH3 is 1. The number of para-hydroxylation sites is 1. The van der Waals surface area contributed by atoms with Gasteiger partial charge in [0.25, 0.3) is 0 Å². The van der Waals surface area contributed by atoms with Crippen LogP contribution in [-0.2, 0) is 4.79 Å². The van der Waals surface area contributed by atoms with E-state index < -0.39 is 0 Å². The fourth-order valence-electron chi connectivity index (χ4n) is 2.87. The Morgan fingerprint density at radius 2 is 2.12 bits per heavy atom. The lowest BCUT2D eigenvalue weighted by Crippen LogP contribution is -2.44. The lowest BCUT2D eigenvalue weighted by molar-refractivity contribution is -0.122. The number of carbonyl (C=O) groups excluding carboxylic acids is 1. The van der Waals surface area contributed by atoms with Crippen molar-refractivity contribution < 1.29 is 9.53 Å². The molecule has 0 bridgehead atoms. The van der Waals surface area contributed by atoms with Gasteiger partial charge in [0.1, 0.15) is 11.8 Å². The van der Waals surface area contributed by atoms with Gasteiger partial charge in [-0.2, -0.15) is 0 Å². The molecule has 7 nitrogen and oxygen atoms in total. The Bertz CT molecular complexity index is 695. The van der Waals surface area contributed by atoms with Gasteiger partial charge in [0.15, 0.2) is 0 Å². The van der Waals surface area contributed by atoms with Crippen LogP contribution < -0.4 is 26.2 Å². The van der Waals surface area contributed by atoms with Crippen LogP contribution in [0.25, 0.3) is 0 Å². The average Bonchev–Trinajstić information content (AvgIpc) is 3.16. The van der Waals surface area contributed by atoms with E-state index in [4.69, 9.17) is 4.74 Å². The molecular weight excluding hydrogens is 318 g/mol. The van der Waals surface area contributed by atoms with E-state index in [1.165, 1.54) is 0 Å². The smallest absolute Gasteiger partial charge is 0.238 e. The third-order valence-corrected chi connectivity index (χ3v) is 4.15. The van der Waals surface area contributed by atoms with E-state index in [1.807, 2.05) is 36.4 Å². The van der Waals surface area contributed by atoms with E-state index in [1.54, 1.807) is 19.5 Å². The molecule has 1 fully saturated rings. The lowest BCUT2D eigenvalue weighted by Gasteiger charge is -2.14. The summed E-state index contributed by atoms with van der Waals surface area (Å²) in [6.45, 7) is 1.19. The van der Waals surface area contributed by atoms with Gasteiger partial charge >= 0.3 is 0 Å².